The first-order valence-corrected chi connectivity index (χ1v) is 4.20. The molecule has 0 spiro atoms. The highest BCUT2D eigenvalue weighted by Crippen LogP contribution is 2.79. The van der Waals surface area contributed by atoms with Crippen LogP contribution in [0.25, 0.3) is 0 Å². The summed E-state index contributed by atoms with van der Waals surface area (Å²) < 4.78 is 36.9. The van der Waals surface area contributed by atoms with Gasteiger partial charge < -0.3 is 5.73 Å². The van der Waals surface area contributed by atoms with Crippen LogP contribution in [0.2, 0.25) is 0 Å². The lowest BCUT2D eigenvalue weighted by Gasteiger charge is -2.71. The van der Waals surface area contributed by atoms with Gasteiger partial charge in [0.1, 0.15) is 0 Å². The molecule has 3 saturated carbocycles. The molecule has 78 valence electrons. The molecule has 3 aliphatic rings. The minimum Gasteiger partial charge on any atom is -0.330 e. The number of rotatable bonds is 2. The summed E-state index contributed by atoms with van der Waals surface area (Å²) in [5.41, 5.74) is 4.02. The zero-order valence-electron chi connectivity index (χ0n) is 7.16. The number of nitrogens with two attached hydrogens (primary N) is 1. The maximum absolute atomic E-state index is 12.3. The van der Waals surface area contributed by atoms with Gasteiger partial charge in [-0.05, 0) is 37.6 Å². The molecule has 2 N–H and O–H groups in total. The van der Waals surface area contributed by atoms with E-state index in [1.807, 2.05) is 0 Å². The lowest BCUT2D eigenvalue weighted by atomic mass is 9.34. The van der Waals surface area contributed by atoms with E-state index < -0.39 is 11.6 Å². The predicted octanol–water partition coefficient (Wildman–Crippen LogP) is 2.49. The van der Waals surface area contributed by atoms with Gasteiger partial charge in [0.25, 0.3) is 0 Å². The smallest absolute Gasteiger partial charge is 0.330 e. The lowest BCUT2D eigenvalue weighted by Crippen LogP contribution is -2.68. The van der Waals surface area contributed by atoms with Crippen molar-refractivity contribution in [3.05, 3.63) is 0 Å². The van der Waals surface area contributed by atoms with Crippen LogP contribution in [-0.2, 0) is 0 Å². The van der Waals surface area contributed by atoms with E-state index in [0.717, 1.165) is 6.42 Å². The fourth-order valence-corrected chi connectivity index (χ4v) is 2.87. The summed E-state index contributed by atoms with van der Waals surface area (Å²) in [6.07, 6.45) is -2.20. The summed E-state index contributed by atoms with van der Waals surface area (Å²) >= 11 is 0. The van der Waals surface area contributed by atoms with E-state index in [4.69, 9.17) is 5.73 Å². The van der Waals surface area contributed by atoms with Gasteiger partial charge in [-0.15, -0.1) is 12.4 Å². The Balaban J connectivity index is 0.000000845. The van der Waals surface area contributed by atoms with Crippen LogP contribution in [0.3, 0.4) is 0 Å². The lowest BCUT2D eigenvalue weighted by molar-refractivity contribution is -0.364. The minimum atomic E-state index is -3.97. The Morgan fingerprint density at radius 1 is 1.15 bits per heavy atom. The molecular weight excluding hydrogens is 203 g/mol. The van der Waals surface area contributed by atoms with Gasteiger partial charge in [0.15, 0.2) is 0 Å². The van der Waals surface area contributed by atoms with Crippen LogP contribution in [0, 0.1) is 10.8 Å². The molecule has 0 unspecified atom stereocenters. The van der Waals surface area contributed by atoms with Crippen molar-refractivity contribution in [3.63, 3.8) is 0 Å². The molecule has 0 aliphatic heterocycles. The van der Waals surface area contributed by atoms with Crippen LogP contribution < -0.4 is 5.73 Å². The summed E-state index contributed by atoms with van der Waals surface area (Å²) in [5, 5.41) is 0. The maximum Gasteiger partial charge on any atom is 0.394 e. The molecule has 0 saturated heterocycles. The van der Waals surface area contributed by atoms with Gasteiger partial charge in [-0.1, -0.05) is 0 Å². The number of alkyl halides is 3. The van der Waals surface area contributed by atoms with Gasteiger partial charge >= 0.3 is 6.18 Å². The standard InChI is InChI=1S/C8H12F3N.ClH/c9-8(10,11)7-3-6(4-7,5-7)1-2-12;/h1-5,12H2;1H. The van der Waals surface area contributed by atoms with Gasteiger partial charge in [0.2, 0.25) is 0 Å². The third-order valence-corrected chi connectivity index (χ3v) is 3.42. The van der Waals surface area contributed by atoms with Crippen LogP contribution in [0.4, 0.5) is 13.2 Å². The van der Waals surface area contributed by atoms with Crippen molar-refractivity contribution < 1.29 is 13.2 Å². The molecule has 0 aromatic rings. The highest BCUT2D eigenvalue weighted by atomic mass is 35.5. The molecule has 3 rings (SSSR count). The monoisotopic (exact) mass is 215 g/mol. The zero-order valence-corrected chi connectivity index (χ0v) is 7.97. The van der Waals surface area contributed by atoms with Crippen molar-refractivity contribution in [2.45, 2.75) is 31.9 Å². The second-order valence-electron chi connectivity index (χ2n) is 4.35. The third kappa shape index (κ3) is 1.26. The molecule has 3 aliphatic carbocycles. The van der Waals surface area contributed by atoms with Crippen molar-refractivity contribution in [1.82, 2.24) is 0 Å². The van der Waals surface area contributed by atoms with E-state index in [9.17, 15) is 13.2 Å². The van der Waals surface area contributed by atoms with Crippen molar-refractivity contribution in [2.24, 2.45) is 16.6 Å². The van der Waals surface area contributed by atoms with E-state index in [0.29, 0.717) is 25.8 Å². The molecule has 0 heterocycles. The van der Waals surface area contributed by atoms with Crippen LogP contribution in [0.1, 0.15) is 25.7 Å². The fourth-order valence-electron chi connectivity index (χ4n) is 2.87. The normalized spacial score (nSPS) is 41.5. The summed E-state index contributed by atoms with van der Waals surface area (Å²) in [6, 6.07) is 0. The van der Waals surface area contributed by atoms with Crippen LogP contribution in [0.5, 0.6) is 0 Å². The molecule has 0 aromatic heterocycles. The first-order valence-electron chi connectivity index (χ1n) is 4.20. The number of hydrogen-bond donors (Lipinski definition) is 1. The van der Waals surface area contributed by atoms with Crippen LogP contribution in [-0.4, -0.2) is 12.7 Å². The first-order chi connectivity index (χ1) is 5.43. The van der Waals surface area contributed by atoms with Crippen molar-refractivity contribution in [1.29, 1.82) is 0 Å². The summed E-state index contributed by atoms with van der Waals surface area (Å²) in [5.74, 6) is 0. The fraction of sp³-hybridized carbons (Fsp3) is 1.00. The van der Waals surface area contributed by atoms with E-state index in [1.165, 1.54) is 0 Å². The van der Waals surface area contributed by atoms with Crippen LogP contribution >= 0.6 is 12.4 Å². The average Bonchev–Trinajstić information content (AvgIpc) is 1.70. The molecule has 0 atom stereocenters. The summed E-state index contributed by atoms with van der Waals surface area (Å²) in [4.78, 5) is 0. The van der Waals surface area contributed by atoms with Crippen molar-refractivity contribution >= 4 is 12.4 Å². The van der Waals surface area contributed by atoms with E-state index >= 15 is 0 Å². The molecule has 3 fully saturated rings. The quantitative estimate of drug-likeness (QED) is 0.753. The topological polar surface area (TPSA) is 26.0 Å². The zero-order chi connectivity index (χ0) is 9.04. The largest absolute Gasteiger partial charge is 0.394 e. The average molecular weight is 216 g/mol. The Morgan fingerprint density at radius 2 is 1.62 bits per heavy atom. The Labute approximate surface area is 81.3 Å². The molecule has 0 amide bonds. The molecule has 5 heteroatoms. The van der Waals surface area contributed by atoms with Crippen molar-refractivity contribution in [3.8, 4) is 0 Å². The molecule has 1 nitrogen and oxygen atoms in total. The molecule has 13 heavy (non-hydrogen) atoms. The highest BCUT2D eigenvalue weighted by Gasteiger charge is 2.77. The van der Waals surface area contributed by atoms with E-state index in [1.54, 1.807) is 0 Å². The Kier molecular flexibility index (Phi) is 2.36. The van der Waals surface area contributed by atoms with E-state index in [2.05, 4.69) is 0 Å². The SMILES string of the molecule is Cl.NCCC12CC(C(F)(F)F)(C1)C2. The van der Waals surface area contributed by atoms with Gasteiger partial charge in [-0.3, -0.25) is 0 Å². The molecular formula is C8H13ClF3N. The van der Waals surface area contributed by atoms with Crippen molar-refractivity contribution in [2.75, 3.05) is 6.54 Å². The predicted molar refractivity (Wildman–Crippen MR) is 45.7 cm³/mol. The number of hydrogen-bond acceptors (Lipinski definition) is 1. The molecule has 0 aromatic carbocycles. The first kappa shape index (κ1) is 11.1. The maximum atomic E-state index is 12.3. The van der Waals surface area contributed by atoms with Gasteiger partial charge in [0.05, 0.1) is 5.41 Å². The Hall–Kier alpha value is 0.0400. The minimum absolute atomic E-state index is 0. The molecule has 2 bridgehead atoms. The van der Waals surface area contributed by atoms with Gasteiger partial charge in [-0.2, -0.15) is 13.2 Å². The second kappa shape index (κ2) is 2.76. The van der Waals surface area contributed by atoms with Gasteiger partial charge in [0, 0.05) is 0 Å². The Morgan fingerprint density at radius 3 is 1.92 bits per heavy atom. The van der Waals surface area contributed by atoms with E-state index in [-0.39, 0.29) is 17.8 Å². The molecule has 0 radical (unpaired) electrons. The van der Waals surface area contributed by atoms with Crippen LogP contribution in [0.15, 0.2) is 0 Å². The highest BCUT2D eigenvalue weighted by molar-refractivity contribution is 5.85. The second-order valence-corrected chi connectivity index (χ2v) is 4.35. The third-order valence-electron chi connectivity index (χ3n) is 3.42. The van der Waals surface area contributed by atoms with Gasteiger partial charge in [-0.25, -0.2) is 0 Å². The Bertz CT molecular complexity index is 194. The summed E-state index contributed by atoms with van der Waals surface area (Å²) in [6.45, 7) is 0.522. The number of halogens is 4. The summed E-state index contributed by atoms with van der Waals surface area (Å²) in [7, 11) is 0.